The van der Waals surface area contributed by atoms with E-state index >= 15 is 0 Å². The van der Waals surface area contributed by atoms with Crippen molar-refractivity contribution in [3.05, 3.63) is 41.8 Å². The summed E-state index contributed by atoms with van der Waals surface area (Å²) in [7, 11) is 0. The first-order valence-corrected chi connectivity index (χ1v) is 4.48. The molecule has 0 aliphatic carbocycles. The average Bonchev–Trinajstić information content (AvgIpc) is 2.18. The van der Waals surface area contributed by atoms with Crippen LogP contribution in [0.5, 0.6) is 0 Å². The topological polar surface area (TPSA) is 51.8 Å². The second-order valence-corrected chi connectivity index (χ2v) is 3.14. The molecular formula is C10H8ClN3. The van der Waals surface area contributed by atoms with Gasteiger partial charge in [0, 0.05) is 17.4 Å². The fourth-order valence-corrected chi connectivity index (χ4v) is 1.36. The number of nitrogen functional groups attached to an aromatic ring is 1. The smallest absolute Gasteiger partial charge is 0.222 e. The Labute approximate surface area is 86.6 Å². The Balaban J connectivity index is 2.55. The number of halogens is 1. The maximum atomic E-state index is 5.80. The van der Waals surface area contributed by atoms with Crippen LogP contribution in [-0.2, 0) is 0 Å². The van der Waals surface area contributed by atoms with Gasteiger partial charge in [-0.2, -0.15) is 0 Å². The van der Waals surface area contributed by atoms with Crippen LogP contribution in [0.4, 0.5) is 5.69 Å². The Morgan fingerprint density at radius 2 is 1.93 bits per heavy atom. The van der Waals surface area contributed by atoms with Crippen LogP contribution in [0.3, 0.4) is 0 Å². The first-order valence-electron chi connectivity index (χ1n) is 4.11. The molecule has 2 rings (SSSR count). The van der Waals surface area contributed by atoms with Gasteiger partial charge in [-0.05, 0) is 23.7 Å². The molecule has 1 aromatic carbocycles. The monoisotopic (exact) mass is 205 g/mol. The van der Waals surface area contributed by atoms with Crippen molar-refractivity contribution < 1.29 is 0 Å². The number of nitrogens with two attached hydrogens (primary N) is 1. The van der Waals surface area contributed by atoms with E-state index < -0.39 is 0 Å². The highest BCUT2D eigenvalue weighted by molar-refractivity contribution is 6.28. The molecule has 0 atom stereocenters. The first kappa shape index (κ1) is 8.97. The summed E-state index contributed by atoms with van der Waals surface area (Å²) in [5.41, 5.74) is 8.09. The van der Waals surface area contributed by atoms with Gasteiger partial charge in [-0.15, -0.1) is 0 Å². The van der Waals surface area contributed by atoms with E-state index in [1.54, 1.807) is 12.3 Å². The second-order valence-electron chi connectivity index (χ2n) is 2.80. The van der Waals surface area contributed by atoms with Gasteiger partial charge in [0.1, 0.15) is 0 Å². The van der Waals surface area contributed by atoms with Crippen molar-refractivity contribution >= 4 is 17.3 Å². The van der Waals surface area contributed by atoms with Crippen molar-refractivity contribution in [1.82, 2.24) is 9.97 Å². The van der Waals surface area contributed by atoms with Gasteiger partial charge < -0.3 is 5.73 Å². The SMILES string of the molecule is Nc1ccccc1-c1ccnc(Cl)n1. The van der Waals surface area contributed by atoms with Crippen LogP contribution in [0.15, 0.2) is 36.5 Å². The lowest BCUT2D eigenvalue weighted by Crippen LogP contribution is -1.92. The molecule has 0 spiro atoms. The van der Waals surface area contributed by atoms with Crippen molar-refractivity contribution in [2.45, 2.75) is 0 Å². The fraction of sp³-hybridized carbons (Fsp3) is 0. The van der Waals surface area contributed by atoms with Crippen LogP contribution in [0.25, 0.3) is 11.3 Å². The number of para-hydroxylation sites is 1. The zero-order valence-electron chi connectivity index (χ0n) is 7.31. The van der Waals surface area contributed by atoms with Gasteiger partial charge >= 0.3 is 0 Å². The summed E-state index contributed by atoms with van der Waals surface area (Å²) < 4.78 is 0. The summed E-state index contributed by atoms with van der Waals surface area (Å²) in [6, 6.07) is 9.28. The van der Waals surface area contributed by atoms with E-state index in [2.05, 4.69) is 9.97 Å². The molecule has 0 radical (unpaired) electrons. The zero-order valence-corrected chi connectivity index (χ0v) is 8.07. The van der Waals surface area contributed by atoms with E-state index in [-0.39, 0.29) is 5.28 Å². The predicted molar refractivity (Wildman–Crippen MR) is 56.9 cm³/mol. The molecular weight excluding hydrogens is 198 g/mol. The standard InChI is InChI=1S/C10H8ClN3/c11-10-13-6-5-9(14-10)7-3-1-2-4-8(7)12/h1-6H,12H2. The van der Waals surface area contributed by atoms with Crippen LogP contribution >= 0.6 is 11.6 Å². The Morgan fingerprint density at radius 3 is 2.64 bits per heavy atom. The van der Waals surface area contributed by atoms with E-state index in [0.717, 1.165) is 11.3 Å². The van der Waals surface area contributed by atoms with Gasteiger partial charge in [0.25, 0.3) is 0 Å². The molecule has 0 aliphatic rings. The molecule has 4 heteroatoms. The van der Waals surface area contributed by atoms with E-state index in [1.807, 2.05) is 24.3 Å². The largest absolute Gasteiger partial charge is 0.398 e. The molecule has 0 fully saturated rings. The van der Waals surface area contributed by atoms with Crippen molar-refractivity contribution in [3.8, 4) is 11.3 Å². The number of nitrogens with zero attached hydrogens (tertiary/aromatic N) is 2. The number of benzene rings is 1. The Kier molecular flexibility index (Phi) is 2.33. The normalized spacial score (nSPS) is 10.1. The molecule has 1 aromatic heterocycles. The summed E-state index contributed by atoms with van der Waals surface area (Å²) in [4.78, 5) is 7.89. The predicted octanol–water partition coefficient (Wildman–Crippen LogP) is 2.38. The van der Waals surface area contributed by atoms with Crippen LogP contribution in [0.2, 0.25) is 5.28 Å². The quantitative estimate of drug-likeness (QED) is 0.575. The van der Waals surface area contributed by atoms with Crippen molar-refractivity contribution in [2.75, 3.05) is 5.73 Å². The first-order chi connectivity index (χ1) is 6.77. The van der Waals surface area contributed by atoms with Gasteiger partial charge in [-0.3, -0.25) is 0 Å². The lowest BCUT2D eigenvalue weighted by atomic mass is 10.1. The van der Waals surface area contributed by atoms with Crippen LogP contribution in [0.1, 0.15) is 0 Å². The van der Waals surface area contributed by atoms with E-state index in [9.17, 15) is 0 Å². The lowest BCUT2D eigenvalue weighted by molar-refractivity contribution is 1.17. The number of rotatable bonds is 1. The third-order valence-corrected chi connectivity index (χ3v) is 2.05. The summed E-state index contributed by atoms with van der Waals surface area (Å²) in [6.07, 6.45) is 1.61. The van der Waals surface area contributed by atoms with E-state index in [0.29, 0.717) is 5.69 Å². The van der Waals surface area contributed by atoms with Gasteiger partial charge in [0.2, 0.25) is 5.28 Å². The maximum Gasteiger partial charge on any atom is 0.222 e. The molecule has 14 heavy (non-hydrogen) atoms. The number of anilines is 1. The lowest BCUT2D eigenvalue weighted by Gasteiger charge is -2.03. The molecule has 1 heterocycles. The van der Waals surface area contributed by atoms with Crippen LogP contribution in [0, 0.1) is 0 Å². The minimum atomic E-state index is 0.228. The minimum absolute atomic E-state index is 0.228. The van der Waals surface area contributed by atoms with Crippen LogP contribution in [-0.4, -0.2) is 9.97 Å². The van der Waals surface area contributed by atoms with Gasteiger partial charge in [-0.1, -0.05) is 18.2 Å². The average molecular weight is 206 g/mol. The van der Waals surface area contributed by atoms with E-state index in [1.165, 1.54) is 0 Å². The van der Waals surface area contributed by atoms with Crippen molar-refractivity contribution in [3.63, 3.8) is 0 Å². The molecule has 0 amide bonds. The molecule has 70 valence electrons. The Morgan fingerprint density at radius 1 is 1.14 bits per heavy atom. The third-order valence-electron chi connectivity index (χ3n) is 1.86. The van der Waals surface area contributed by atoms with Crippen molar-refractivity contribution in [1.29, 1.82) is 0 Å². The molecule has 0 bridgehead atoms. The molecule has 0 aliphatic heterocycles. The Hall–Kier alpha value is -1.61. The third kappa shape index (κ3) is 1.67. The number of hydrogen-bond donors (Lipinski definition) is 1. The summed E-state index contributed by atoms with van der Waals surface area (Å²) in [5.74, 6) is 0. The minimum Gasteiger partial charge on any atom is -0.398 e. The van der Waals surface area contributed by atoms with E-state index in [4.69, 9.17) is 17.3 Å². The molecule has 3 nitrogen and oxygen atoms in total. The summed E-state index contributed by atoms with van der Waals surface area (Å²) in [5, 5.41) is 0.228. The zero-order chi connectivity index (χ0) is 9.97. The molecule has 2 N–H and O–H groups in total. The van der Waals surface area contributed by atoms with Gasteiger partial charge in [-0.25, -0.2) is 9.97 Å². The molecule has 0 saturated carbocycles. The molecule has 0 saturated heterocycles. The summed E-state index contributed by atoms with van der Waals surface area (Å²) in [6.45, 7) is 0. The number of aromatic nitrogens is 2. The van der Waals surface area contributed by atoms with Crippen molar-refractivity contribution in [2.24, 2.45) is 0 Å². The van der Waals surface area contributed by atoms with Crippen LogP contribution < -0.4 is 5.73 Å². The molecule has 2 aromatic rings. The van der Waals surface area contributed by atoms with Gasteiger partial charge in [0.05, 0.1) is 5.69 Å². The molecule has 0 unspecified atom stereocenters. The maximum absolute atomic E-state index is 5.80. The number of hydrogen-bond acceptors (Lipinski definition) is 3. The highest BCUT2D eigenvalue weighted by atomic mass is 35.5. The summed E-state index contributed by atoms with van der Waals surface area (Å²) >= 11 is 5.68. The van der Waals surface area contributed by atoms with Gasteiger partial charge in [0.15, 0.2) is 0 Å². The second kappa shape index (κ2) is 3.64. The highest BCUT2D eigenvalue weighted by Gasteiger charge is 2.03. The Bertz CT molecular complexity index is 457. The fourth-order valence-electron chi connectivity index (χ4n) is 1.22. The highest BCUT2D eigenvalue weighted by Crippen LogP contribution is 2.23.